The average Bonchev–Trinajstić information content (AvgIpc) is 2.33. The van der Waals surface area contributed by atoms with E-state index >= 15 is 0 Å². The lowest BCUT2D eigenvalue weighted by atomic mass is 10.3. The number of allylic oxidation sites excluding steroid dienone is 3. The maximum absolute atomic E-state index is 7.58. The number of aromatic nitrogens is 1. The van der Waals surface area contributed by atoms with Gasteiger partial charge in [-0.1, -0.05) is 18.2 Å². The molecule has 0 saturated carbocycles. The highest BCUT2D eigenvalue weighted by Gasteiger charge is 1.96. The summed E-state index contributed by atoms with van der Waals surface area (Å²) in [6.07, 6.45) is 9.33. The van der Waals surface area contributed by atoms with Crippen molar-refractivity contribution in [1.82, 2.24) is 4.98 Å². The molecule has 0 unspecified atom stereocenters. The normalized spacial score (nSPS) is 11.7. The zero-order chi connectivity index (χ0) is 12.5. The Kier molecular flexibility index (Phi) is 5.51. The molecule has 0 bridgehead atoms. The van der Waals surface area contributed by atoms with E-state index in [1.54, 1.807) is 18.5 Å². The van der Waals surface area contributed by atoms with Gasteiger partial charge in [0.05, 0.1) is 0 Å². The number of pyridine rings is 1. The standard InChI is InChI=1S/C13H17N3O/c1-11(14)5-2-3-7-13(15)17-10-12-6-4-8-16-9-12/h2-6,8-9,15H,7,10,14H2,1H3/b3-2-,11-5+,15-13?. The Morgan fingerprint density at radius 2 is 2.41 bits per heavy atom. The Balaban J connectivity index is 2.27. The van der Waals surface area contributed by atoms with Gasteiger partial charge in [0.15, 0.2) is 5.90 Å². The van der Waals surface area contributed by atoms with Crippen molar-refractivity contribution in [1.29, 1.82) is 5.41 Å². The summed E-state index contributed by atoms with van der Waals surface area (Å²) in [5.74, 6) is 0.230. The van der Waals surface area contributed by atoms with Crippen LogP contribution in [0.25, 0.3) is 0 Å². The highest BCUT2D eigenvalue weighted by Crippen LogP contribution is 2.00. The summed E-state index contributed by atoms with van der Waals surface area (Å²) in [4.78, 5) is 3.97. The van der Waals surface area contributed by atoms with Crippen LogP contribution in [0.4, 0.5) is 0 Å². The summed E-state index contributed by atoms with van der Waals surface area (Å²) in [5.41, 5.74) is 7.16. The fraction of sp³-hybridized carbons (Fsp3) is 0.231. The summed E-state index contributed by atoms with van der Waals surface area (Å²) in [6.45, 7) is 2.20. The Bertz CT molecular complexity index is 406. The smallest absolute Gasteiger partial charge is 0.184 e. The Labute approximate surface area is 101 Å². The van der Waals surface area contributed by atoms with Gasteiger partial charge in [-0.3, -0.25) is 10.4 Å². The quantitative estimate of drug-likeness (QED) is 0.464. The fourth-order valence-corrected chi connectivity index (χ4v) is 1.11. The van der Waals surface area contributed by atoms with E-state index in [-0.39, 0.29) is 5.90 Å². The summed E-state index contributed by atoms with van der Waals surface area (Å²) in [5, 5.41) is 7.58. The molecule has 4 heteroatoms. The van der Waals surface area contributed by atoms with Crippen LogP contribution in [-0.2, 0) is 11.3 Å². The topological polar surface area (TPSA) is 72.0 Å². The van der Waals surface area contributed by atoms with Crippen LogP contribution in [-0.4, -0.2) is 10.9 Å². The third-order valence-corrected chi connectivity index (χ3v) is 1.93. The second-order valence-electron chi connectivity index (χ2n) is 3.62. The Morgan fingerprint density at radius 3 is 3.06 bits per heavy atom. The predicted octanol–water partition coefficient (Wildman–Crippen LogP) is 2.38. The van der Waals surface area contributed by atoms with Gasteiger partial charge in [-0.05, 0) is 19.1 Å². The van der Waals surface area contributed by atoms with Crippen LogP contribution >= 0.6 is 0 Å². The molecule has 0 fully saturated rings. The van der Waals surface area contributed by atoms with E-state index in [4.69, 9.17) is 15.9 Å². The minimum absolute atomic E-state index is 0.230. The van der Waals surface area contributed by atoms with Crippen molar-refractivity contribution in [2.45, 2.75) is 20.0 Å². The van der Waals surface area contributed by atoms with E-state index in [9.17, 15) is 0 Å². The van der Waals surface area contributed by atoms with Crippen molar-refractivity contribution in [3.05, 3.63) is 54.0 Å². The van der Waals surface area contributed by atoms with E-state index in [2.05, 4.69) is 4.98 Å². The molecular weight excluding hydrogens is 214 g/mol. The molecule has 0 aliphatic rings. The molecule has 0 aliphatic heterocycles. The summed E-state index contributed by atoms with van der Waals surface area (Å²) in [6, 6.07) is 3.76. The third-order valence-electron chi connectivity index (χ3n) is 1.93. The van der Waals surface area contributed by atoms with Crippen LogP contribution in [0.5, 0.6) is 0 Å². The van der Waals surface area contributed by atoms with Gasteiger partial charge in [-0.25, -0.2) is 0 Å². The molecule has 1 aromatic heterocycles. The molecule has 0 saturated heterocycles. The lowest BCUT2D eigenvalue weighted by Crippen LogP contribution is -2.02. The lowest BCUT2D eigenvalue weighted by molar-refractivity contribution is 0.283. The van der Waals surface area contributed by atoms with Crippen molar-refractivity contribution in [3.8, 4) is 0 Å². The Hall–Kier alpha value is -2.10. The van der Waals surface area contributed by atoms with Gasteiger partial charge in [0.2, 0.25) is 0 Å². The van der Waals surface area contributed by atoms with E-state index in [0.717, 1.165) is 11.3 Å². The van der Waals surface area contributed by atoms with E-state index in [1.165, 1.54) is 0 Å². The summed E-state index contributed by atoms with van der Waals surface area (Å²) >= 11 is 0. The van der Waals surface area contributed by atoms with Crippen molar-refractivity contribution in [2.75, 3.05) is 0 Å². The number of nitrogens with one attached hydrogen (secondary N) is 1. The number of hydrogen-bond acceptors (Lipinski definition) is 4. The van der Waals surface area contributed by atoms with Crippen molar-refractivity contribution in [2.24, 2.45) is 5.73 Å². The molecule has 0 atom stereocenters. The number of hydrogen-bond donors (Lipinski definition) is 2. The molecular formula is C13H17N3O. The highest BCUT2D eigenvalue weighted by atomic mass is 16.5. The van der Waals surface area contributed by atoms with Crippen molar-refractivity contribution < 1.29 is 4.74 Å². The molecule has 0 spiro atoms. The molecule has 1 rings (SSSR count). The van der Waals surface area contributed by atoms with Crippen molar-refractivity contribution >= 4 is 5.90 Å². The molecule has 90 valence electrons. The summed E-state index contributed by atoms with van der Waals surface area (Å²) < 4.78 is 5.28. The van der Waals surface area contributed by atoms with Gasteiger partial charge in [0.25, 0.3) is 0 Å². The van der Waals surface area contributed by atoms with E-state index < -0.39 is 0 Å². The van der Waals surface area contributed by atoms with Crippen LogP contribution in [0.3, 0.4) is 0 Å². The summed E-state index contributed by atoms with van der Waals surface area (Å²) in [7, 11) is 0. The molecule has 0 aromatic carbocycles. The number of nitrogens with two attached hydrogens (primary N) is 1. The molecule has 1 aromatic rings. The predicted molar refractivity (Wildman–Crippen MR) is 68.5 cm³/mol. The second kappa shape index (κ2) is 7.22. The van der Waals surface area contributed by atoms with Gasteiger partial charge in [-0.2, -0.15) is 0 Å². The molecule has 17 heavy (non-hydrogen) atoms. The maximum atomic E-state index is 7.58. The highest BCUT2D eigenvalue weighted by molar-refractivity contribution is 5.74. The molecule has 0 amide bonds. The number of nitrogens with zero attached hydrogens (tertiary/aromatic N) is 1. The zero-order valence-corrected chi connectivity index (χ0v) is 9.89. The minimum atomic E-state index is 0.230. The molecule has 4 nitrogen and oxygen atoms in total. The number of rotatable bonds is 5. The Morgan fingerprint density at radius 1 is 1.59 bits per heavy atom. The van der Waals surface area contributed by atoms with Gasteiger partial charge < -0.3 is 10.5 Å². The zero-order valence-electron chi connectivity index (χ0n) is 9.89. The molecule has 3 N–H and O–H groups in total. The fourth-order valence-electron chi connectivity index (χ4n) is 1.11. The van der Waals surface area contributed by atoms with Crippen LogP contribution in [0.1, 0.15) is 18.9 Å². The van der Waals surface area contributed by atoms with E-state index in [1.807, 2.05) is 31.2 Å². The third kappa shape index (κ3) is 6.14. The van der Waals surface area contributed by atoms with Crippen LogP contribution in [0.2, 0.25) is 0 Å². The first-order valence-corrected chi connectivity index (χ1v) is 5.36. The molecule has 0 aliphatic carbocycles. The van der Waals surface area contributed by atoms with Gasteiger partial charge in [-0.15, -0.1) is 0 Å². The van der Waals surface area contributed by atoms with E-state index in [0.29, 0.717) is 13.0 Å². The van der Waals surface area contributed by atoms with Gasteiger partial charge in [0.1, 0.15) is 6.61 Å². The average molecular weight is 231 g/mol. The van der Waals surface area contributed by atoms with Crippen LogP contribution < -0.4 is 5.73 Å². The van der Waals surface area contributed by atoms with Crippen LogP contribution in [0.15, 0.2) is 48.5 Å². The SMILES string of the molecule is C/C(N)=C\C=C/CC(=N)OCc1cccnc1. The lowest BCUT2D eigenvalue weighted by Gasteiger charge is -2.04. The first kappa shape index (κ1) is 13.0. The van der Waals surface area contributed by atoms with Crippen LogP contribution in [0, 0.1) is 5.41 Å². The minimum Gasteiger partial charge on any atom is -0.476 e. The number of ether oxygens (including phenoxy) is 1. The van der Waals surface area contributed by atoms with Crippen molar-refractivity contribution in [3.63, 3.8) is 0 Å². The van der Waals surface area contributed by atoms with Gasteiger partial charge in [0, 0.05) is 30.1 Å². The first-order valence-electron chi connectivity index (χ1n) is 5.36. The van der Waals surface area contributed by atoms with Gasteiger partial charge >= 0.3 is 0 Å². The first-order chi connectivity index (χ1) is 8.18. The molecule has 0 radical (unpaired) electrons. The molecule has 1 heterocycles. The monoisotopic (exact) mass is 231 g/mol. The largest absolute Gasteiger partial charge is 0.476 e. The second-order valence-corrected chi connectivity index (χ2v) is 3.62. The maximum Gasteiger partial charge on any atom is 0.184 e.